The minimum absolute atomic E-state index is 0.0114. The van der Waals surface area contributed by atoms with Crippen LogP contribution in [0.2, 0.25) is 0 Å². The molecule has 8 heteroatoms. The van der Waals surface area contributed by atoms with Gasteiger partial charge in [0.25, 0.3) is 5.78 Å². The first-order chi connectivity index (χ1) is 18.5. The molecule has 1 aromatic heterocycles. The highest BCUT2D eigenvalue weighted by atomic mass is 32.1. The number of hydrogen-bond donors (Lipinski definition) is 1. The molecule has 38 heavy (non-hydrogen) atoms. The maximum Gasteiger partial charge on any atom is 0.301 e. The zero-order valence-corrected chi connectivity index (χ0v) is 21.4. The molecule has 0 saturated carbocycles. The van der Waals surface area contributed by atoms with Gasteiger partial charge in [0.05, 0.1) is 11.6 Å². The highest BCUT2D eigenvalue weighted by Crippen LogP contribution is 2.44. The van der Waals surface area contributed by atoms with Gasteiger partial charge in [-0.2, -0.15) is 0 Å². The molecule has 0 aliphatic carbocycles. The van der Waals surface area contributed by atoms with Crippen molar-refractivity contribution in [3.8, 4) is 11.5 Å². The molecule has 1 amide bonds. The zero-order chi connectivity index (χ0) is 26.2. The number of thiazole rings is 1. The van der Waals surface area contributed by atoms with E-state index in [9.17, 15) is 14.7 Å². The molecule has 1 N–H and O–H groups in total. The van der Waals surface area contributed by atoms with Gasteiger partial charge in [0.15, 0.2) is 5.13 Å². The molecule has 0 unspecified atom stereocenters. The number of ketones is 1. The molecule has 6 rings (SSSR count). The molecule has 3 heterocycles. The Bertz CT molecular complexity index is 1550. The Morgan fingerprint density at radius 3 is 2.74 bits per heavy atom. The van der Waals surface area contributed by atoms with Gasteiger partial charge < -0.3 is 14.6 Å². The van der Waals surface area contributed by atoms with Crippen molar-refractivity contribution in [2.75, 3.05) is 4.90 Å². The molecular formula is C30H24N2O5S. The van der Waals surface area contributed by atoms with Crippen molar-refractivity contribution < 1.29 is 24.2 Å². The predicted molar refractivity (Wildman–Crippen MR) is 144 cm³/mol. The summed E-state index contributed by atoms with van der Waals surface area (Å²) in [4.78, 5) is 32.4. The lowest BCUT2D eigenvalue weighted by atomic mass is 9.94. The Labute approximate surface area is 223 Å². The maximum atomic E-state index is 13.4. The number of anilines is 1. The van der Waals surface area contributed by atoms with Gasteiger partial charge >= 0.3 is 5.91 Å². The van der Waals surface area contributed by atoms with E-state index >= 15 is 0 Å². The van der Waals surface area contributed by atoms with Crippen LogP contribution in [0, 0.1) is 0 Å². The molecule has 2 atom stereocenters. The molecule has 4 aromatic rings. The highest BCUT2D eigenvalue weighted by Gasteiger charge is 2.48. The summed E-state index contributed by atoms with van der Waals surface area (Å²) in [6.07, 6.45) is 2.32. The number of ether oxygens (including phenoxy) is 2. The van der Waals surface area contributed by atoms with E-state index in [1.165, 1.54) is 16.2 Å². The van der Waals surface area contributed by atoms with Crippen molar-refractivity contribution in [1.82, 2.24) is 4.98 Å². The fraction of sp³-hybridized carbons (Fsp3) is 0.167. The van der Waals surface area contributed by atoms with Crippen molar-refractivity contribution >= 4 is 33.9 Å². The first kappa shape index (κ1) is 23.9. The van der Waals surface area contributed by atoms with Crippen LogP contribution in [0.25, 0.3) is 5.76 Å². The number of nitrogens with zero attached hydrogens (tertiary/aromatic N) is 2. The monoisotopic (exact) mass is 524 g/mol. The minimum atomic E-state index is -0.871. The predicted octanol–water partition coefficient (Wildman–Crippen LogP) is 5.67. The second-order valence-corrected chi connectivity index (χ2v) is 10.2. The molecule has 2 aliphatic rings. The van der Waals surface area contributed by atoms with Crippen LogP contribution in [0.15, 0.2) is 89.9 Å². The van der Waals surface area contributed by atoms with E-state index in [2.05, 4.69) is 4.98 Å². The van der Waals surface area contributed by atoms with E-state index in [1.807, 2.05) is 61.5 Å². The van der Waals surface area contributed by atoms with Gasteiger partial charge in [0, 0.05) is 23.6 Å². The van der Waals surface area contributed by atoms with Crippen LogP contribution in [0.4, 0.5) is 5.13 Å². The first-order valence-electron chi connectivity index (χ1n) is 12.3. The second kappa shape index (κ2) is 9.79. The quantitative estimate of drug-likeness (QED) is 0.199. The Morgan fingerprint density at radius 2 is 1.95 bits per heavy atom. The van der Waals surface area contributed by atoms with E-state index in [4.69, 9.17) is 9.47 Å². The summed E-state index contributed by atoms with van der Waals surface area (Å²) in [6, 6.07) is 21.5. The van der Waals surface area contributed by atoms with Crippen LogP contribution < -0.4 is 14.4 Å². The van der Waals surface area contributed by atoms with E-state index < -0.39 is 17.7 Å². The summed E-state index contributed by atoms with van der Waals surface area (Å²) in [6.45, 7) is 2.35. The summed E-state index contributed by atoms with van der Waals surface area (Å²) >= 11 is 1.25. The van der Waals surface area contributed by atoms with E-state index in [-0.39, 0.29) is 17.4 Å². The molecule has 0 spiro atoms. The van der Waals surface area contributed by atoms with Gasteiger partial charge in [-0.3, -0.25) is 14.5 Å². The number of rotatable bonds is 6. The summed E-state index contributed by atoms with van der Waals surface area (Å²) in [5.41, 5.74) is 3.06. The van der Waals surface area contributed by atoms with Crippen molar-refractivity contribution in [1.29, 1.82) is 0 Å². The van der Waals surface area contributed by atoms with Crippen molar-refractivity contribution in [2.24, 2.45) is 0 Å². The lowest BCUT2D eigenvalue weighted by molar-refractivity contribution is -0.132. The van der Waals surface area contributed by atoms with Gasteiger partial charge in [-0.05, 0) is 53.9 Å². The van der Waals surface area contributed by atoms with Crippen LogP contribution in [0.1, 0.15) is 35.2 Å². The number of benzene rings is 3. The Hall–Kier alpha value is -4.43. The van der Waals surface area contributed by atoms with Crippen LogP contribution in [0.5, 0.6) is 11.5 Å². The van der Waals surface area contributed by atoms with E-state index in [0.717, 1.165) is 16.9 Å². The lowest BCUT2D eigenvalue weighted by Crippen LogP contribution is -2.29. The number of fused-ring (bicyclic) bond motifs is 1. The molecule has 2 aliphatic heterocycles. The summed E-state index contributed by atoms with van der Waals surface area (Å²) in [7, 11) is 0. The minimum Gasteiger partial charge on any atom is -0.507 e. The third-order valence-corrected chi connectivity index (χ3v) is 7.43. The number of hydrogen-bond acceptors (Lipinski definition) is 7. The van der Waals surface area contributed by atoms with Crippen LogP contribution in [0.3, 0.4) is 0 Å². The number of aliphatic hydroxyl groups excluding tert-OH is 1. The summed E-state index contributed by atoms with van der Waals surface area (Å²) in [5, 5.41) is 13.6. The average molecular weight is 525 g/mol. The maximum absolute atomic E-state index is 13.4. The van der Waals surface area contributed by atoms with Gasteiger partial charge in [0.2, 0.25) is 0 Å². The van der Waals surface area contributed by atoms with Crippen molar-refractivity contribution in [3.05, 3.63) is 112 Å². The van der Waals surface area contributed by atoms with Gasteiger partial charge in [-0.15, -0.1) is 11.3 Å². The third kappa shape index (κ3) is 4.33. The fourth-order valence-corrected chi connectivity index (χ4v) is 5.59. The van der Waals surface area contributed by atoms with Crippen molar-refractivity contribution in [3.63, 3.8) is 0 Å². The molecule has 0 radical (unpaired) electrons. The van der Waals surface area contributed by atoms with Crippen LogP contribution in [-0.2, 0) is 22.6 Å². The topological polar surface area (TPSA) is 89.0 Å². The standard InChI is InChI=1S/C30H24N2O5S/c1-18-14-22-15-21(10-11-24(22)37-18)27(33)25-26(32(29(35)28(25)34)30-31-12-13-38-30)20-8-5-9-23(16-20)36-17-19-6-3-2-4-7-19/h2-13,15-16,18,26,33H,14,17H2,1H3/b27-25+/t18-,26+/m0/s1. The smallest absolute Gasteiger partial charge is 0.301 e. The number of amides is 1. The summed E-state index contributed by atoms with van der Waals surface area (Å²) in [5.74, 6) is -0.383. The number of Topliss-reactive ketones (excluding diaryl/α,β-unsaturated/α-hetero) is 1. The zero-order valence-electron chi connectivity index (χ0n) is 20.5. The largest absolute Gasteiger partial charge is 0.507 e. The molecular weight excluding hydrogens is 500 g/mol. The first-order valence-corrected chi connectivity index (χ1v) is 13.1. The van der Waals surface area contributed by atoms with Gasteiger partial charge in [-0.25, -0.2) is 4.98 Å². The van der Waals surface area contributed by atoms with Crippen LogP contribution in [-0.4, -0.2) is 27.9 Å². The van der Waals surface area contributed by atoms with Crippen molar-refractivity contribution in [2.45, 2.75) is 32.1 Å². The molecule has 7 nitrogen and oxygen atoms in total. The summed E-state index contributed by atoms with van der Waals surface area (Å²) < 4.78 is 11.8. The van der Waals surface area contributed by atoms with Crippen LogP contribution >= 0.6 is 11.3 Å². The van der Waals surface area contributed by atoms with E-state index in [0.29, 0.717) is 35.0 Å². The molecule has 0 bridgehead atoms. The SMILES string of the molecule is C[C@H]1Cc2cc(/C(O)=C3\C(=O)C(=O)N(c4nccs4)[C@@H]3c3cccc(OCc4ccccc4)c3)ccc2O1. The number of carbonyl (C=O) groups excluding carboxylic acids is 2. The fourth-order valence-electron chi connectivity index (χ4n) is 4.92. The number of aliphatic hydroxyl groups is 1. The Morgan fingerprint density at radius 1 is 1.11 bits per heavy atom. The second-order valence-electron chi connectivity index (χ2n) is 9.29. The highest BCUT2D eigenvalue weighted by molar-refractivity contribution is 7.14. The molecule has 3 aromatic carbocycles. The third-order valence-electron chi connectivity index (χ3n) is 6.66. The van der Waals surface area contributed by atoms with Gasteiger partial charge in [-0.1, -0.05) is 42.5 Å². The normalized spacial score (nSPS) is 19.9. The lowest BCUT2D eigenvalue weighted by Gasteiger charge is -2.23. The van der Waals surface area contributed by atoms with Gasteiger partial charge in [0.1, 0.15) is 30.0 Å². The van der Waals surface area contributed by atoms with E-state index in [1.54, 1.807) is 29.8 Å². The molecule has 1 fully saturated rings. The number of carbonyl (C=O) groups is 2. The molecule has 1 saturated heterocycles. The Balaban J connectivity index is 1.42. The number of aromatic nitrogens is 1. The molecule has 190 valence electrons. The average Bonchev–Trinajstić information content (AvgIpc) is 3.65. The Kier molecular flexibility index (Phi) is 6.17.